The Bertz CT molecular complexity index is 2670. The highest BCUT2D eigenvalue weighted by molar-refractivity contribution is 5.96. The Balaban J connectivity index is 0.000000138. The maximum atomic E-state index is 12.7. The van der Waals surface area contributed by atoms with Crippen LogP contribution in [0.3, 0.4) is 0 Å². The number of hydrogen-bond donors (Lipinski definition) is 0. The summed E-state index contributed by atoms with van der Waals surface area (Å²) in [6.07, 6.45) is 7.55. The van der Waals surface area contributed by atoms with Gasteiger partial charge in [-0.15, -0.1) is 5.10 Å². The Morgan fingerprint density at radius 2 is 1.21 bits per heavy atom. The first-order chi connectivity index (χ1) is 25.2. The van der Waals surface area contributed by atoms with Gasteiger partial charge in [0, 0.05) is 49.0 Å². The molecule has 0 fully saturated rings. The molecule has 0 amide bonds. The minimum atomic E-state index is -0.141. The molecule has 0 atom stereocenters. The molecule has 0 radical (unpaired) electrons. The summed E-state index contributed by atoms with van der Waals surface area (Å²) >= 11 is 0. The van der Waals surface area contributed by atoms with Crippen molar-refractivity contribution in [3.8, 4) is 22.8 Å². The molecule has 10 rings (SSSR count). The van der Waals surface area contributed by atoms with E-state index in [1.54, 1.807) is 21.4 Å². The van der Waals surface area contributed by atoms with Gasteiger partial charge in [-0.25, -0.2) is 29.0 Å². The first-order valence-electron chi connectivity index (χ1n) is 16.9. The second-order valence-electron chi connectivity index (χ2n) is 13.2. The molecule has 6 aromatic heterocycles. The molecule has 52 heavy (non-hydrogen) atoms. The summed E-state index contributed by atoms with van der Waals surface area (Å²) in [6.45, 7) is 9.09. The van der Waals surface area contributed by atoms with E-state index >= 15 is 0 Å². The van der Waals surface area contributed by atoms with Crippen molar-refractivity contribution in [3.05, 3.63) is 130 Å². The van der Waals surface area contributed by atoms with Gasteiger partial charge in [0.05, 0.1) is 41.3 Å². The van der Waals surface area contributed by atoms with E-state index in [1.807, 2.05) is 75.0 Å². The SMILES string of the molecule is Cc1ncc(C)n2nc(C(=O)Cc3cn4c(n3)-c3ccccc3C4)nc12.Cc1ncc(C)n2nc(CC(=O)c3cn4c(n3)-c3ccccc3C4)nc12. The molecule has 0 saturated heterocycles. The fourth-order valence-corrected chi connectivity index (χ4v) is 6.80. The van der Waals surface area contributed by atoms with Gasteiger partial charge in [0.1, 0.15) is 17.3 Å². The average Bonchev–Trinajstić information content (AvgIpc) is 3.98. The zero-order valence-corrected chi connectivity index (χ0v) is 28.9. The van der Waals surface area contributed by atoms with Crippen LogP contribution in [0.4, 0.5) is 0 Å². The number of fused-ring (bicyclic) bond motifs is 8. The molecule has 2 aliphatic heterocycles. The minimum Gasteiger partial charge on any atom is -0.326 e. The van der Waals surface area contributed by atoms with Crippen molar-refractivity contribution in [2.75, 3.05) is 0 Å². The molecule has 8 heterocycles. The van der Waals surface area contributed by atoms with Crippen LogP contribution in [0.1, 0.15) is 66.5 Å². The maximum Gasteiger partial charge on any atom is 0.218 e. The zero-order chi connectivity index (χ0) is 35.7. The molecule has 0 N–H and O–H groups in total. The predicted molar refractivity (Wildman–Crippen MR) is 190 cm³/mol. The fraction of sp³-hybridized carbons (Fsp3) is 0.211. The smallest absolute Gasteiger partial charge is 0.218 e. The van der Waals surface area contributed by atoms with E-state index in [4.69, 9.17) is 0 Å². The van der Waals surface area contributed by atoms with E-state index in [0.29, 0.717) is 22.8 Å². The lowest BCUT2D eigenvalue weighted by Gasteiger charge is -1.97. The van der Waals surface area contributed by atoms with Gasteiger partial charge >= 0.3 is 0 Å². The minimum absolute atomic E-state index is 0.0800. The third kappa shape index (κ3) is 5.27. The Morgan fingerprint density at radius 1 is 0.635 bits per heavy atom. The molecule has 0 bridgehead atoms. The molecule has 0 spiro atoms. The average molecular weight is 689 g/mol. The summed E-state index contributed by atoms with van der Waals surface area (Å²) in [6, 6.07) is 16.3. The van der Waals surface area contributed by atoms with E-state index in [1.165, 1.54) is 11.1 Å². The molecular weight excluding hydrogens is 656 g/mol. The van der Waals surface area contributed by atoms with Crippen LogP contribution in [0.25, 0.3) is 34.1 Å². The number of aromatic nitrogens is 12. The number of nitrogens with zero attached hydrogens (tertiary/aromatic N) is 12. The van der Waals surface area contributed by atoms with Crippen LogP contribution in [0.15, 0.2) is 73.3 Å². The third-order valence-electron chi connectivity index (χ3n) is 9.46. The first-order valence-corrected chi connectivity index (χ1v) is 16.9. The Hall–Kier alpha value is -6.70. The molecule has 14 nitrogen and oxygen atoms in total. The molecule has 14 heteroatoms. The van der Waals surface area contributed by atoms with Gasteiger partial charge in [-0.1, -0.05) is 48.5 Å². The van der Waals surface area contributed by atoms with Crippen LogP contribution < -0.4 is 0 Å². The second kappa shape index (κ2) is 12.0. The highest BCUT2D eigenvalue weighted by Crippen LogP contribution is 2.32. The summed E-state index contributed by atoms with van der Waals surface area (Å²) < 4.78 is 7.50. The summed E-state index contributed by atoms with van der Waals surface area (Å²) in [5.41, 5.74) is 10.5. The standard InChI is InChI=1S/2C19H16N6O/c1-11-8-20-12(2)18-22-17(23-25(11)18)16(26)7-14-10-24-9-13-5-3-4-6-15(13)19(24)21-14;1-11-8-20-12(2)18-22-17(23-25(11)18)7-16(26)15-10-24-9-13-5-3-4-6-14(13)19(24)21-15/h2*3-6,8,10H,7,9H2,1-2H3. The lowest BCUT2D eigenvalue weighted by Crippen LogP contribution is -2.07. The quantitative estimate of drug-likeness (QED) is 0.223. The van der Waals surface area contributed by atoms with Crippen LogP contribution in [0, 0.1) is 27.7 Å². The Morgan fingerprint density at radius 3 is 1.85 bits per heavy atom. The number of benzene rings is 2. The highest BCUT2D eigenvalue weighted by Gasteiger charge is 2.25. The Labute approximate surface area is 296 Å². The van der Waals surface area contributed by atoms with E-state index in [9.17, 15) is 9.59 Å². The normalized spacial score (nSPS) is 12.4. The van der Waals surface area contributed by atoms with Gasteiger partial charge in [0.15, 0.2) is 22.9 Å². The number of hydrogen-bond acceptors (Lipinski definition) is 10. The van der Waals surface area contributed by atoms with Crippen LogP contribution in [-0.2, 0) is 25.9 Å². The van der Waals surface area contributed by atoms with Crippen LogP contribution in [0.2, 0.25) is 0 Å². The van der Waals surface area contributed by atoms with Crippen LogP contribution in [-0.4, -0.2) is 69.8 Å². The summed E-state index contributed by atoms with van der Waals surface area (Å²) in [5, 5.41) is 8.80. The molecule has 2 aromatic carbocycles. The van der Waals surface area contributed by atoms with E-state index < -0.39 is 0 Å². The van der Waals surface area contributed by atoms with E-state index in [2.05, 4.69) is 62.9 Å². The van der Waals surface area contributed by atoms with Crippen molar-refractivity contribution in [2.45, 2.75) is 53.6 Å². The van der Waals surface area contributed by atoms with Crippen molar-refractivity contribution < 1.29 is 9.59 Å². The van der Waals surface area contributed by atoms with Gasteiger partial charge in [0.25, 0.3) is 0 Å². The second-order valence-corrected chi connectivity index (χ2v) is 13.2. The summed E-state index contributed by atoms with van der Waals surface area (Å²) in [5.74, 6) is 2.24. The Kier molecular flexibility index (Phi) is 7.20. The van der Waals surface area contributed by atoms with Gasteiger partial charge in [-0.2, -0.15) is 5.10 Å². The van der Waals surface area contributed by atoms with Crippen molar-refractivity contribution >= 4 is 22.9 Å². The van der Waals surface area contributed by atoms with Gasteiger partial charge in [-0.05, 0) is 38.8 Å². The number of ketones is 2. The summed E-state index contributed by atoms with van der Waals surface area (Å²) in [4.78, 5) is 52.0. The summed E-state index contributed by atoms with van der Waals surface area (Å²) in [7, 11) is 0. The molecule has 256 valence electrons. The third-order valence-corrected chi connectivity index (χ3v) is 9.46. The van der Waals surface area contributed by atoms with Gasteiger partial charge < -0.3 is 9.13 Å². The van der Waals surface area contributed by atoms with Crippen LogP contribution >= 0.6 is 0 Å². The first kappa shape index (κ1) is 31.3. The molecule has 0 unspecified atom stereocenters. The number of carbonyl (C=O) groups excluding carboxylic acids is 2. The molecule has 2 aliphatic rings. The highest BCUT2D eigenvalue weighted by atomic mass is 16.1. The van der Waals surface area contributed by atoms with Crippen molar-refractivity contribution in [3.63, 3.8) is 0 Å². The maximum absolute atomic E-state index is 12.7. The predicted octanol–water partition coefficient (Wildman–Crippen LogP) is 4.78. The molecule has 0 aliphatic carbocycles. The fourth-order valence-electron chi connectivity index (χ4n) is 6.80. The molecular formula is C38H32N12O2. The lowest BCUT2D eigenvalue weighted by atomic mass is 10.1. The van der Waals surface area contributed by atoms with E-state index in [-0.39, 0.29) is 30.2 Å². The molecule has 8 aromatic rings. The van der Waals surface area contributed by atoms with Crippen molar-refractivity contribution in [1.82, 2.24) is 58.3 Å². The number of imidazole rings is 2. The topological polar surface area (TPSA) is 156 Å². The van der Waals surface area contributed by atoms with Crippen molar-refractivity contribution in [2.24, 2.45) is 0 Å². The number of Topliss-reactive ketones (excluding diaryl/α,β-unsaturated/α-hetero) is 2. The largest absolute Gasteiger partial charge is 0.326 e. The zero-order valence-electron chi connectivity index (χ0n) is 28.9. The van der Waals surface area contributed by atoms with Crippen LogP contribution in [0.5, 0.6) is 0 Å². The number of rotatable bonds is 6. The number of carbonyl (C=O) groups is 2. The number of aryl methyl sites for hydroxylation is 4. The van der Waals surface area contributed by atoms with Gasteiger partial charge in [0.2, 0.25) is 11.6 Å². The van der Waals surface area contributed by atoms with Gasteiger partial charge in [-0.3, -0.25) is 19.6 Å². The molecule has 0 saturated carbocycles. The van der Waals surface area contributed by atoms with E-state index in [0.717, 1.165) is 64.3 Å². The lowest BCUT2D eigenvalue weighted by molar-refractivity contribution is 0.0976. The monoisotopic (exact) mass is 688 g/mol. The van der Waals surface area contributed by atoms with Crippen molar-refractivity contribution in [1.29, 1.82) is 0 Å².